The van der Waals surface area contributed by atoms with Crippen molar-refractivity contribution < 1.29 is 4.74 Å². The predicted octanol–water partition coefficient (Wildman–Crippen LogP) is 4.23. The molecule has 1 rings (SSSR count). The first-order valence-corrected chi connectivity index (χ1v) is 6.18. The Bertz CT molecular complexity index is 284. The third-order valence-corrected chi connectivity index (χ3v) is 1.99. The summed E-state index contributed by atoms with van der Waals surface area (Å²) in [4.78, 5) is 4.30. The Kier molecular flexibility index (Phi) is 7.61. The highest BCUT2D eigenvalue weighted by molar-refractivity contribution is 5.14. The molecule has 0 fully saturated rings. The van der Waals surface area contributed by atoms with Crippen LogP contribution < -0.4 is 4.74 Å². The van der Waals surface area contributed by atoms with Gasteiger partial charge in [-0.3, -0.25) is 0 Å². The van der Waals surface area contributed by atoms with Gasteiger partial charge < -0.3 is 4.74 Å². The summed E-state index contributed by atoms with van der Waals surface area (Å²) in [6, 6.07) is 5.85. The van der Waals surface area contributed by atoms with Crippen molar-refractivity contribution in [2.75, 3.05) is 0 Å². The first kappa shape index (κ1) is 14.9. The largest absolute Gasteiger partial charge is 0.475 e. The lowest BCUT2D eigenvalue weighted by atomic mass is 10.1. The number of hydrogen-bond acceptors (Lipinski definition) is 2. The fourth-order valence-corrected chi connectivity index (χ4v) is 1.50. The molecule has 2 nitrogen and oxygen atoms in total. The summed E-state index contributed by atoms with van der Waals surface area (Å²) < 4.78 is 5.69. The van der Waals surface area contributed by atoms with Gasteiger partial charge in [0.15, 0.2) is 0 Å². The molecule has 0 N–H and O–H groups in total. The second-order valence-corrected chi connectivity index (χ2v) is 4.18. The van der Waals surface area contributed by atoms with Gasteiger partial charge in [0, 0.05) is 11.8 Å². The molecular weight excluding hydrogens is 198 g/mol. The first-order chi connectivity index (χ1) is 7.58. The number of aromatic nitrogens is 1. The predicted molar refractivity (Wildman–Crippen MR) is 69.9 cm³/mol. The number of rotatable bonds is 4. The van der Waals surface area contributed by atoms with Crippen LogP contribution in [-0.4, -0.2) is 11.1 Å². The molecule has 0 saturated carbocycles. The van der Waals surface area contributed by atoms with Crippen LogP contribution in [0.4, 0.5) is 0 Å². The molecule has 1 heterocycles. The Morgan fingerprint density at radius 1 is 1.19 bits per heavy atom. The van der Waals surface area contributed by atoms with Crippen molar-refractivity contribution in [2.24, 2.45) is 5.92 Å². The van der Waals surface area contributed by atoms with Crippen molar-refractivity contribution in [1.82, 2.24) is 4.98 Å². The first-order valence-electron chi connectivity index (χ1n) is 6.18. The van der Waals surface area contributed by atoms with E-state index in [1.807, 2.05) is 39.0 Å². The zero-order chi connectivity index (χ0) is 12.6. The Morgan fingerprint density at radius 3 is 2.31 bits per heavy atom. The van der Waals surface area contributed by atoms with Crippen LogP contribution in [0.3, 0.4) is 0 Å². The topological polar surface area (TPSA) is 22.1 Å². The quantitative estimate of drug-likeness (QED) is 0.762. The maximum Gasteiger partial charge on any atom is 0.213 e. The molecule has 0 amide bonds. The summed E-state index contributed by atoms with van der Waals surface area (Å²) in [5, 5.41) is 0. The van der Waals surface area contributed by atoms with Gasteiger partial charge >= 0.3 is 0 Å². The van der Waals surface area contributed by atoms with Crippen LogP contribution in [0.15, 0.2) is 18.2 Å². The Labute approximate surface area is 100 Å². The summed E-state index contributed by atoms with van der Waals surface area (Å²) in [5.41, 5.74) is 0.999. The molecule has 1 aromatic rings. The molecule has 2 heteroatoms. The highest BCUT2D eigenvalue weighted by Gasteiger charge is 2.07. The number of nitrogens with zero attached hydrogens (tertiary/aromatic N) is 1. The monoisotopic (exact) mass is 223 g/mol. The highest BCUT2D eigenvalue weighted by Crippen LogP contribution is 2.13. The minimum atomic E-state index is 0.240. The van der Waals surface area contributed by atoms with E-state index in [1.54, 1.807) is 0 Å². The van der Waals surface area contributed by atoms with E-state index in [0.29, 0.717) is 5.92 Å². The maximum absolute atomic E-state index is 5.69. The average Bonchev–Trinajstić information content (AvgIpc) is 2.19. The second kappa shape index (κ2) is 8.14. The van der Waals surface area contributed by atoms with Gasteiger partial charge in [-0.25, -0.2) is 4.98 Å². The van der Waals surface area contributed by atoms with Gasteiger partial charge in [0.05, 0.1) is 6.10 Å². The van der Waals surface area contributed by atoms with E-state index in [1.165, 1.54) is 0 Å². The highest BCUT2D eigenvalue weighted by atomic mass is 16.5. The van der Waals surface area contributed by atoms with Gasteiger partial charge in [-0.05, 0) is 32.3 Å². The zero-order valence-electron chi connectivity index (χ0n) is 11.4. The lowest BCUT2D eigenvalue weighted by Gasteiger charge is -2.15. The van der Waals surface area contributed by atoms with Crippen LogP contribution in [0.5, 0.6) is 5.88 Å². The van der Waals surface area contributed by atoms with Gasteiger partial charge in [0.1, 0.15) is 0 Å². The summed E-state index contributed by atoms with van der Waals surface area (Å²) in [6.45, 7) is 12.5. The Balaban J connectivity index is 0.00000106. The van der Waals surface area contributed by atoms with Crippen LogP contribution in [0.2, 0.25) is 0 Å². The Hall–Kier alpha value is -1.05. The van der Waals surface area contributed by atoms with Gasteiger partial charge in [0.2, 0.25) is 5.88 Å². The molecule has 0 aromatic carbocycles. The minimum absolute atomic E-state index is 0.240. The number of pyridine rings is 1. The average molecular weight is 223 g/mol. The second-order valence-electron chi connectivity index (χ2n) is 4.18. The molecule has 0 aliphatic heterocycles. The SMILES string of the molecule is CC.Cc1cccc(OC(C)CC(C)C)n1. The Morgan fingerprint density at radius 2 is 1.81 bits per heavy atom. The molecule has 0 radical (unpaired) electrons. The van der Waals surface area contributed by atoms with Crippen LogP contribution in [-0.2, 0) is 0 Å². The molecule has 0 spiro atoms. The number of aryl methyl sites for hydroxylation is 1. The van der Waals surface area contributed by atoms with Crippen molar-refractivity contribution in [3.8, 4) is 5.88 Å². The minimum Gasteiger partial charge on any atom is -0.475 e. The van der Waals surface area contributed by atoms with E-state index in [0.717, 1.165) is 18.0 Å². The molecule has 1 atom stereocenters. The zero-order valence-corrected chi connectivity index (χ0v) is 11.4. The summed E-state index contributed by atoms with van der Waals surface area (Å²) in [5.74, 6) is 1.40. The molecule has 16 heavy (non-hydrogen) atoms. The lowest BCUT2D eigenvalue weighted by Crippen LogP contribution is -2.15. The standard InChI is InChI=1S/C12H19NO.C2H6/c1-9(2)8-11(4)14-12-7-5-6-10(3)13-12;1-2/h5-7,9,11H,8H2,1-4H3;1-2H3. The fraction of sp³-hybridized carbons (Fsp3) is 0.643. The summed E-state index contributed by atoms with van der Waals surface area (Å²) >= 11 is 0. The van der Waals surface area contributed by atoms with E-state index < -0.39 is 0 Å². The van der Waals surface area contributed by atoms with E-state index in [2.05, 4.69) is 25.8 Å². The summed E-state index contributed by atoms with van der Waals surface area (Å²) in [7, 11) is 0. The van der Waals surface area contributed by atoms with Crippen molar-refractivity contribution in [2.45, 2.75) is 54.1 Å². The third kappa shape index (κ3) is 6.44. The molecule has 0 bridgehead atoms. The van der Waals surface area contributed by atoms with Crippen molar-refractivity contribution in [3.05, 3.63) is 23.9 Å². The molecule has 1 unspecified atom stereocenters. The smallest absolute Gasteiger partial charge is 0.213 e. The molecule has 0 saturated heterocycles. The summed E-state index contributed by atoms with van der Waals surface area (Å²) in [6.07, 6.45) is 1.31. The lowest BCUT2D eigenvalue weighted by molar-refractivity contribution is 0.185. The normalized spacial score (nSPS) is 11.7. The van der Waals surface area contributed by atoms with Crippen LogP contribution in [0.1, 0.15) is 46.7 Å². The van der Waals surface area contributed by atoms with E-state index in [9.17, 15) is 0 Å². The van der Waals surface area contributed by atoms with E-state index >= 15 is 0 Å². The van der Waals surface area contributed by atoms with Crippen LogP contribution in [0.25, 0.3) is 0 Å². The van der Waals surface area contributed by atoms with Crippen LogP contribution >= 0.6 is 0 Å². The molecule has 0 aliphatic rings. The number of hydrogen-bond donors (Lipinski definition) is 0. The van der Waals surface area contributed by atoms with Crippen molar-refractivity contribution in [3.63, 3.8) is 0 Å². The van der Waals surface area contributed by atoms with Gasteiger partial charge in [-0.2, -0.15) is 0 Å². The van der Waals surface area contributed by atoms with E-state index in [-0.39, 0.29) is 6.10 Å². The molecule has 0 aliphatic carbocycles. The van der Waals surface area contributed by atoms with Crippen LogP contribution in [0, 0.1) is 12.8 Å². The number of ether oxygens (including phenoxy) is 1. The van der Waals surface area contributed by atoms with E-state index in [4.69, 9.17) is 4.74 Å². The van der Waals surface area contributed by atoms with Gasteiger partial charge in [0.25, 0.3) is 0 Å². The van der Waals surface area contributed by atoms with Crippen molar-refractivity contribution >= 4 is 0 Å². The van der Waals surface area contributed by atoms with Gasteiger partial charge in [-0.1, -0.05) is 33.8 Å². The van der Waals surface area contributed by atoms with Gasteiger partial charge in [-0.15, -0.1) is 0 Å². The molecule has 1 aromatic heterocycles. The maximum atomic E-state index is 5.69. The third-order valence-electron chi connectivity index (χ3n) is 1.99. The molecular formula is C14H25NO. The fourth-order valence-electron chi connectivity index (χ4n) is 1.50. The molecule has 92 valence electrons. The van der Waals surface area contributed by atoms with Crippen molar-refractivity contribution in [1.29, 1.82) is 0 Å².